The standard InChI is InChI=1S/C24H37N3O3/c1-17-21-12-13-26(23(28)15-19-7-9-20(10-8-19)24(29)30)16-22(21)27(25-17)14-11-18-5-3-2-4-6-18/h18-20H,2-16H2,1H3,(H,29,30)/t19-,20+. The Balaban J connectivity index is 1.33. The lowest BCUT2D eigenvalue weighted by molar-refractivity contribution is -0.143. The number of hydrogen-bond donors (Lipinski definition) is 1. The van der Waals surface area contributed by atoms with Gasteiger partial charge in [0.15, 0.2) is 0 Å². The fourth-order valence-corrected chi connectivity index (χ4v) is 5.84. The van der Waals surface area contributed by atoms with Gasteiger partial charge in [-0.2, -0.15) is 5.10 Å². The second kappa shape index (κ2) is 9.52. The molecule has 3 aliphatic rings. The van der Waals surface area contributed by atoms with Crippen molar-refractivity contribution in [2.24, 2.45) is 17.8 Å². The number of carbonyl (C=O) groups is 2. The molecule has 0 atom stereocenters. The highest BCUT2D eigenvalue weighted by Gasteiger charge is 2.31. The predicted molar refractivity (Wildman–Crippen MR) is 115 cm³/mol. The van der Waals surface area contributed by atoms with E-state index in [1.165, 1.54) is 49.8 Å². The third-order valence-corrected chi connectivity index (χ3v) is 7.83. The Bertz CT molecular complexity index is 758. The maximum atomic E-state index is 13.0. The summed E-state index contributed by atoms with van der Waals surface area (Å²) in [7, 11) is 0. The van der Waals surface area contributed by atoms with Crippen LogP contribution in [0.3, 0.4) is 0 Å². The normalized spacial score (nSPS) is 25.2. The van der Waals surface area contributed by atoms with E-state index in [0.717, 1.165) is 44.0 Å². The maximum absolute atomic E-state index is 13.0. The molecule has 166 valence electrons. The lowest BCUT2D eigenvalue weighted by Gasteiger charge is -2.31. The molecule has 1 aromatic heterocycles. The zero-order valence-corrected chi connectivity index (χ0v) is 18.4. The number of aryl methyl sites for hydroxylation is 2. The molecule has 30 heavy (non-hydrogen) atoms. The number of fused-ring (bicyclic) bond motifs is 1. The van der Waals surface area contributed by atoms with E-state index in [2.05, 4.69) is 11.6 Å². The van der Waals surface area contributed by atoms with Crippen molar-refractivity contribution >= 4 is 11.9 Å². The molecule has 2 fully saturated rings. The van der Waals surface area contributed by atoms with Gasteiger partial charge in [0.2, 0.25) is 5.91 Å². The number of carboxylic acids is 1. The van der Waals surface area contributed by atoms with Crippen LogP contribution in [0.5, 0.6) is 0 Å². The topological polar surface area (TPSA) is 75.4 Å². The third kappa shape index (κ3) is 4.89. The second-order valence-corrected chi connectivity index (χ2v) is 9.85. The molecule has 1 aromatic rings. The molecule has 1 N–H and O–H groups in total. The summed E-state index contributed by atoms with van der Waals surface area (Å²) in [5, 5.41) is 14.0. The molecule has 2 heterocycles. The largest absolute Gasteiger partial charge is 0.481 e. The van der Waals surface area contributed by atoms with Gasteiger partial charge < -0.3 is 10.0 Å². The van der Waals surface area contributed by atoms with Crippen LogP contribution in [0.1, 0.15) is 87.6 Å². The molecule has 6 heteroatoms. The number of amides is 1. The molecule has 0 aromatic carbocycles. The van der Waals surface area contributed by atoms with Gasteiger partial charge in [0, 0.05) is 19.5 Å². The van der Waals surface area contributed by atoms with Crippen LogP contribution in [0, 0.1) is 24.7 Å². The number of nitrogens with zero attached hydrogens (tertiary/aromatic N) is 3. The molecule has 0 unspecified atom stereocenters. The molecular formula is C24H37N3O3. The van der Waals surface area contributed by atoms with Crippen LogP contribution in [0.2, 0.25) is 0 Å². The van der Waals surface area contributed by atoms with E-state index in [0.29, 0.717) is 31.7 Å². The molecule has 1 amide bonds. The zero-order chi connectivity index (χ0) is 21.1. The van der Waals surface area contributed by atoms with Crippen molar-refractivity contribution < 1.29 is 14.7 Å². The summed E-state index contributed by atoms with van der Waals surface area (Å²) in [6.07, 6.45) is 12.7. The molecule has 2 saturated carbocycles. The molecule has 2 aliphatic carbocycles. The summed E-state index contributed by atoms with van der Waals surface area (Å²) >= 11 is 0. The zero-order valence-electron chi connectivity index (χ0n) is 18.4. The van der Waals surface area contributed by atoms with Crippen molar-refractivity contribution in [2.75, 3.05) is 6.54 Å². The van der Waals surface area contributed by atoms with Crippen molar-refractivity contribution in [3.63, 3.8) is 0 Å². The number of carbonyl (C=O) groups excluding carboxylic acids is 1. The van der Waals surface area contributed by atoms with Gasteiger partial charge in [-0.15, -0.1) is 0 Å². The van der Waals surface area contributed by atoms with E-state index in [4.69, 9.17) is 5.10 Å². The van der Waals surface area contributed by atoms with Crippen molar-refractivity contribution in [3.05, 3.63) is 17.0 Å². The number of carboxylic acid groups (broad SMARTS) is 1. The number of aromatic nitrogens is 2. The monoisotopic (exact) mass is 415 g/mol. The first-order valence-corrected chi connectivity index (χ1v) is 12.1. The van der Waals surface area contributed by atoms with Crippen LogP contribution in [0.25, 0.3) is 0 Å². The van der Waals surface area contributed by atoms with Crippen LogP contribution < -0.4 is 0 Å². The summed E-state index contributed by atoms with van der Waals surface area (Å²) in [6.45, 7) is 4.55. The maximum Gasteiger partial charge on any atom is 0.306 e. The molecular weight excluding hydrogens is 378 g/mol. The molecule has 0 spiro atoms. The van der Waals surface area contributed by atoms with E-state index in [1.54, 1.807) is 0 Å². The lowest BCUT2D eigenvalue weighted by atomic mass is 9.80. The molecule has 1 aliphatic heterocycles. The van der Waals surface area contributed by atoms with Crippen molar-refractivity contribution in [2.45, 2.75) is 97.1 Å². The molecule has 0 bridgehead atoms. The predicted octanol–water partition coefficient (Wildman–Crippen LogP) is 4.33. The highest BCUT2D eigenvalue weighted by atomic mass is 16.4. The van der Waals surface area contributed by atoms with Crippen LogP contribution in [-0.4, -0.2) is 38.2 Å². The molecule has 0 radical (unpaired) electrons. The Morgan fingerprint density at radius 3 is 2.47 bits per heavy atom. The molecule has 6 nitrogen and oxygen atoms in total. The average molecular weight is 416 g/mol. The third-order valence-electron chi connectivity index (χ3n) is 7.83. The number of aliphatic carboxylic acids is 1. The van der Waals surface area contributed by atoms with Crippen LogP contribution in [0.4, 0.5) is 0 Å². The Labute approximate surface area is 180 Å². The van der Waals surface area contributed by atoms with Crippen molar-refractivity contribution in [1.82, 2.24) is 14.7 Å². The van der Waals surface area contributed by atoms with Gasteiger partial charge in [-0.05, 0) is 62.8 Å². The van der Waals surface area contributed by atoms with Gasteiger partial charge >= 0.3 is 5.97 Å². The quantitative estimate of drug-likeness (QED) is 0.750. The Kier molecular flexibility index (Phi) is 6.79. The van der Waals surface area contributed by atoms with E-state index >= 15 is 0 Å². The minimum Gasteiger partial charge on any atom is -0.481 e. The van der Waals surface area contributed by atoms with Crippen LogP contribution in [-0.2, 0) is 29.1 Å². The Morgan fingerprint density at radius 2 is 1.77 bits per heavy atom. The number of rotatable bonds is 6. The van der Waals surface area contributed by atoms with Gasteiger partial charge in [-0.1, -0.05) is 32.1 Å². The molecule has 0 saturated heterocycles. The minimum atomic E-state index is -0.680. The fourth-order valence-electron chi connectivity index (χ4n) is 5.84. The van der Waals surface area contributed by atoms with Gasteiger partial charge in [0.25, 0.3) is 0 Å². The summed E-state index contributed by atoms with van der Waals surface area (Å²) in [6, 6.07) is 0. The number of hydrogen-bond acceptors (Lipinski definition) is 3. The summed E-state index contributed by atoms with van der Waals surface area (Å²) in [5.74, 6) is 0.515. The van der Waals surface area contributed by atoms with Gasteiger partial charge in [-0.25, -0.2) is 0 Å². The van der Waals surface area contributed by atoms with Gasteiger partial charge in [-0.3, -0.25) is 14.3 Å². The Hall–Kier alpha value is -1.85. The van der Waals surface area contributed by atoms with Gasteiger partial charge in [0.05, 0.1) is 23.9 Å². The van der Waals surface area contributed by atoms with Crippen LogP contribution >= 0.6 is 0 Å². The van der Waals surface area contributed by atoms with E-state index in [-0.39, 0.29) is 11.8 Å². The Morgan fingerprint density at radius 1 is 1.03 bits per heavy atom. The van der Waals surface area contributed by atoms with Crippen molar-refractivity contribution in [1.29, 1.82) is 0 Å². The lowest BCUT2D eigenvalue weighted by Crippen LogP contribution is -2.38. The highest BCUT2D eigenvalue weighted by Crippen LogP contribution is 2.32. The van der Waals surface area contributed by atoms with E-state index in [9.17, 15) is 14.7 Å². The summed E-state index contributed by atoms with van der Waals surface area (Å²) in [4.78, 5) is 26.2. The van der Waals surface area contributed by atoms with E-state index in [1.807, 2.05) is 4.90 Å². The highest BCUT2D eigenvalue weighted by molar-refractivity contribution is 5.77. The summed E-state index contributed by atoms with van der Waals surface area (Å²) in [5.41, 5.74) is 3.73. The minimum absolute atomic E-state index is 0.213. The SMILES string of the molecule is Cc1nn(CCC2CCCCC2)c2c1CCN(C(=O)C[C@H]1CC[C@@H](C(=O)O)CC1)C2. The summed E-state index contributed by atoms with van der Waals surface area (Å²) < 4.78 is 2.19. The van der Waals surface area contributed by atoms with Crippen LogP contribution in [0.15, 0.2) is 0 Å². The first kappa shape index (κ1) is 21.4. The smallest absolute Gasteiger partial charge is 0.306 e. The molecule has 4 rings (SSSR count). The van der Waals surface area contributed by atoms with E-state index < -0.39 is 5.97 Å². The van der Waals surface area contributed by atoms with Crippen molar-refractivity contribution in [3.8, 4) is 0 Å². The van der Waals surface area contributed by atoms with Gasteiger partial charge in [0.1, 0.15) is 0 Å². The first-order chi connectivity index (χ1) is 14.5. The first-order valence-electron chi connectivity index (χ1n) is 12.1. The fraction of sp³-hybridized carbons (Fsp3) is 0.792. The second-order valence-electron chi connectivity index (χ2n) is 9.85. The average Bonchev–Trinajstić information content (AvgIpc) is 3.08.